The van der Waals surface area contributed by atoms with Crippen LogP contribution in [-0.4, -0.2) is 38.8 Å². The molecule has 1 heterocycles. The zero-order valence-electron chi connectivity index (χ0n) is 20.4. The van der Waals surface area contributed by atoms with Crippen molar-refractivity contribution in [3.8, 4) is 11.3 Å². The number of fused-ring (bicyclic) bond motifs is 1. The first-order valence-electron chi connectivity index (χ1n) is 12.0. The maximum Gasteiger partial charge on any atom is 0.223 e. The van der Waals surface area contributed by atoms with Gasteiger partial charge in [-0.05, 0) is 47.4 Å². The molecule has 0 radical (unpaired) electrons. The lowest BCUT2D eigenvalue weighted by Crippen LogP contribution is -2.06. The summed E-state index contributed by atoms with van der Waals surface area (Å²) >= 11 is 0. The Labute approximate surface area is 209 Å². The summed E-state index contributed by atoms with van der Waals surface area (Å²) in [4.78, 5) is 34.5. The van der Waals surface area contributed by atoms with Gasteiger partial charge in [-0.3, -0.25) is 9.59 Å². The molecule has 3 aromatic carbocycles. The lowest BCUT2D eigenvalue weighted by atomic mass is 9.96. The molecule has 7 heteroatoms. The van der Waals surface area contributed by atoms with Crippen LogP contribution in [-0.2, 0) is 19.6 Å². The summed E-state index contributed by atoms with van der Waals surface area (Å²) in [7, 11) is 1.73. The number of carbonyl (C=O) groups excluding carboxylic acids is 2. The summed E-state index contributed by atoms with van der Waals surface area (Å²) in [6.45, 7) is 1.53. The molecule has 0 unspecified atom stereocenters. The van der Waals surface area contributed by atoms with Crippen molar-refractivity contribution in [1.29, 1.82) is 0 Å². The summed E-state index contributed by atoms with van der Waals surface area (Å²) in [5, 5.41) is 23.2. The largest absolute Gasteiger partial charge is 0.392 e. The van der Waals surface area contributed by atoms with Crippen LogP contribution in [0.4, 0.5) is 5.95 Å². The Kier molecular flexibility index (Phi) is 7.83. The lowest BCUT2D eigenvalue weighted by Gasteiger charge is -2.13. The van der Waals surface area contributed by atoms with Crippen molar-refractivity contribution in [3.05, 3.63) is 88.5 Å². The van der Waals surface area contributed by atoms with Crippen LogP contribution in [0, 0.1) is 0 Å². The Morgan fingerprint density at radius 3 is 2.25 bits per heavy atom. The SMILES string of the molecule is CCCC(=O)c1cccc(C(=O)Cc2cccc(-c3nc(NC)nc4cc(CO)c(CO)cc34)c2)c1. The zero-order chi connectivity index (χ0) is 25.7. The third-order valence-electron chi connectivity index (χ3n) is 6.13. The molecule has 0 bridgehead atoms. The molecule has 0 fully saturated rings. The first-order valence-corrected chi connectivity index (χ1v) is 12.0. The number of benzene rings is 3. The zero-order valence-corrected chi connectivity index (χ0v) is 20.4. The molecular weight excluding hydrogens is 454 g/mol. The minimum absolute atomic E-state index is 0.0386. The van der Waals surface area contributed by atoms with E-state index >= 15 is 0 Å². The molecule has 0 spiro atoms. The van der Waals surface area contributed by atoms with Gasteiger partial charge in [0.2, 0.25) is 5.95 Å². The standard InChI is InChI=1S/C29H29N3O4/c1-3-6-26(35)19-8-5-9-20(13-19)27(36)12-18-7-4-10-21(11-18)28-24-14-22(16-33)23(17-34)15-25(24)31-29(30-2)32-28/h4-5,7-11,13-15,33-34H,3,6,12,16-17H2,1-2H3,(H,30,31,32). The normalized spacial score (nSPS) is 11.0. The Hall–Kier alpha value is -3.94. The third-order valence-corrected chi connectivity index (χ3v) is 6.13. The van der Waals surface area contributed by atoms with E-state index in [0.29, 0.717) is 45.8 Å². The first kappa shape index (κ1) is 25.2. The van der Waals surface area contributed by atoms with Gasteiger partial charge in [0.05, 0.1) is 24.4 Å². The van der Waals surface area contributed by atoms with Gasteiger partial charge in [-0.25, -0.2) is 9.97 Å². The predicted molar refractivity (Wildman–Crippen MR) is 140 cm³/mol. The molecule has 0 saturated carbocycles. The van der Waals surface area contributed by atoms with Gasteiger partial charge in [0, 0.05) is 42.0 Å². The summed E-state index contributed by atoms with van der Waals surface area (Å²) in [6.07, 6.45) is 1.40. The highest BCUT2D eigenvalue weighted by Gasteiger charge is 2.15. The molecule has 3 N–H and O–H groups in total. The van der Waals surface area contributed by atoms with Crippen molar-refractivity contribution in [2.45, 2.75) is 39.4 Å². The number of rotatable bonds is 10. The smallest absolute Gasteiger partial charge is 0.223 e. The third kappa shape index (κ3) is 5.32. The fourth-order valence-electron chi connectivity index (χ4n) is 4.24. The molecule has 0 amide bonds. The second-order valence-electron chi connectivity index (χ2n) is 8.65. The molecule has 0 saturated heterocycles. The second-order valence-corrected chi connectivity index (χ2v) is 8.65. The number of aliphatic hydroxyl groups is 2. The number of hydrogen-bond acceptors (Lipinski definition) is 7. The minimum atomic E-state index is -0.215. The van der Waals surface area contributed by atoms with Crippen LogP contribution in [0.2, 0.25) is 0 Å². The van der Waals surface area contributed by atoms with Crippen molar-refractivity contribution in [3.63, 3.8) is 0 Å². The van der Waals surface area contributed by atoms with Crippen molar-refractivity contribution >= 4 is 28.4 Å². The van der Waals surface area contributed by atoms with Crippen LogP contribution in [0.15, 0.2) is 60.7 Å². The lowest BCUT2D eigenvalue weighted by molar-refractivity contribution is 0.0981. The van der Waals surface area contributed by atoms with Gasteiger partial charge in [0.25, 0.3) is 0 Å². The van der Waals surface area contributed by atoms with Crippen LogP contribution in [0.5, 0.6) is 0 Å². The average Bonchev–Trinajstić information content (AvgIpc) is 2.91. The molecule has 0 aliphatic carbocycles. The molecule has 4 rings (SSSR count). The molecule has 36 heavy (non-hydrogen) atoms. The number of Topliss-reactive ketones (excluding diaryl/α,β-unsaturated/α-hetero) is 2. The van der Waals surface area contributed by atoms with E-state index < -0.39 is 0 Å². The van der Waals surface area contributed by atoms with Crippen molar-refractivity contribution in [2.24, 2.45) is 0 Å². The van der Waals surface area contributed by atoms with Crippen LogP contribution in [0.1, 0.15) is 57.2 Å². The van der Waals surface area contributed by atoms with Crippen molar-refractivity contribution in [1.82, 2.24) is 9.97 Å². The van der Waals surface area contributed by atoms with Crippen molar-refractivity contribution in [2.75, 3.05) is 12.4 Å². The Morgan fingerprint density at radius 2 is 1.56 bits per heavy atom. The Bertz CT molecular complexity index is 1430. The Balaban J connectivity index is 1.70. The topological polar surface area (TPSA) is 112 Å². The predicted octanol–water partition coefficient (Wildman–Crippen LogP) is 4.73. The number of nitrogens with zero attached hydrogens (tertiary/aromatic N) is 2. The summed E-state index contributed by atoms with van der Waals surface area (Å²) < 4.78 is 0. The van der Waals surface area contributed by atoms with E-state index in [1.54, 1.807) is 43.4 Å². The van der Waals surface area contributed by atoms with E-state index in [-0.39, 0.29) is 31.2 Å². The van der Waals surface area contributed by atoms with Crippen LogP contribution in [0.3, 0.4) is 0 Å². The van der Waals surface area contributed by atoms with Gasteiger partial charge in [0.1, 0.15) is 0 Å². The molecule has 0 atom stereocenters. The van der Waals surface area contributed by atoms with Crippen LogP contribution in [0.25, 0.3) is 22.2 Å². The number of hydrogen-bond donors (Lipinski definition) is 3. The monoisotopic (exact) mass is 483 g/mol. The number of carbonyl (C=O) groups is 2. The molecular formula is C29H29N3O4. The van der Waals surface area contributed by atoms with E-state index in [2.05, 4.69) is 15.3 Å². The van der Waals surface area contributed by atoms with E-state index in [4.69, 9.17) is 0 Å². The summed E-state index contributed by atoms with van der Waals surface area (Å²) in [5.74, 6) is 0.391. The van der Waals surface area contributed by atoms with E-state index in [1.807, 2.05) is 31.2 Å². The number of nitrogens with one attached hydrogen (secondary N) is 1. The highest BCUT2D eigenvalue weighted by Crippen LogP contribution is 2.30. The van der Waals surface area contributed by atoms with Crippen molar-refractivity contribution < 1.29 is 19.8 Å². The number of aromatic nitrogens is 2. The van der Waals surface area contributed by atoms with E-state index in [9.17, 15) is 19.8 Å². The van der Waals surface area contributed by atoms with Crippen LogP contribution < -0.4 is 5.32 Å². The highest BCUT2D eigenvalue weighted by atomic mass is 16.3. The quantitative estimate of drug-likeness (QED) is 0.280. The first-order chi connectivity index (χ1) is 17.5. The number of ketones is 2. The fraction of sp³-hybridized carbons (Fsp3) is 0.241. The van der Waals surface area contributed by atoms with Gasteiger partial charge in [-0.15, -0.1) is 0 Å². The number of aliphatic hydroxyl groups excluding tert-OH is 2. The highest BCUT2D eigenvalue weighted by molar-refractivity contribution is 6.02. The molecule has 7 nitrogen and oxygen atoms in total. The minimum Gasteiger partial charge on any atom is -0.392 e. The molecule has 1 aromatic heterocycles. The molecule has 0 aliphatic rings. The van der Waals surface area contributed by atoms with Gasteiger partial charge in [0.15, 0.2) is 11.6 Å². The number of anilines is 1. The molecule has 184 valence electrons. The molecule has 0 aliphatic heterocycles. The maximum absolute atomic E-state index is 13.1. The van der Waals surface area contributed by atoms with Gasteiger partial charge < -0.3 is 15.5 Å². The van der Waals surface area contributed by atoms with Crippen LogP contribution >= 0.6 is 0 Å². The van der Waals surface area contributed by atoms with Gasteiger partial charge in [-0.2, -0.15) is 0 Å². The van der Waals surface area contributed by atoms with E-state index in [0.717, 1.165) is 22.9 Å². The maximum atomic E-state index is 13.1. The fourth-order valence-corrected chi connectivity index (χ4v) is 4.24. The summed E-state index contributed by atoms with van der Waals surface area (Å²) in [5.41, 5.74) is 5.20. The van der Waals surface area contributed by atoms with E-state index in [1.165, 1.54) is 0 Å². The second kappa shape index (κ2) is 11.2. The van der Waals surface area contributed by atoms with Gasteiger partial charge in [-0.1, -0.05) is 43.3 Å². The summed E-state index contributed by atoms with van der Waals surface area (Å²) in [6, 6.07) is 18.1. The van der Waals surface area contributed by atoms with Gasteiger partial charge >= 0.3 is 0 Å². The average molecular weight is 484 g/mol. The molecule has 4 aromatic rings. The Morgan fingerprint density at radius 1 is 0.861 bits per heavy atom.